The third kappa shape index (κ3) is 4.24. The molecule has 8 heteroatoms. The fraction of sp³-hybridized carbons (Fsp3) is 0.129. The average Bonchev–Trinajstić information content (AvgIpc) is 3.36. The predicted octanol–water partition coefficient (Wildman–Crippen LogP) is 5.82. The summed E-state index contributed by atoms with van der Waals surface area (Å²) in [5.41, 5.74) is 3.81. The molecule has 0 aliphatic carbocycles. The first-order valence-electron chi connectivity index (χ1n) is 12.8. The molecular weight excluding hydrogens is 508 g/mol. The Hall–Kier alpha value is -4.53. The lowest BCUT2D eigenvalue weighted by Crippen LogP contribution is -2.37. The first kappa shape index (κ1) is 23.6. The SMILES string of the molecule is O=C(Nc1ccc2sc3c(-c4cccn5c(=O)cc(N6CCOCC6)nc45)cccc3c2c1)c1ccccc1. The fourth-order valence-corrected chi connectivity index (χ4v) is 6.37. The third-order valence-corrected chi connectivity index (χ3v) is 8.31. The minimum absolute atomic E-state index is 0.106. The van der Waals surface area contributed by atoms with Crippen LogP contribution in [0.1, 0.15) is 10.4 Å². The Morgan fingerprint density at radius 3 is 2.54 bits per heavy atom. The number of hydrogen-bond donors (Lipinski definition) is 1. The smallest absolute Gasteiger partial charge is 0.259 e. The summed E-state index contributed by atoms with van der Waals surface area (Å²) in [6.45, 7) is 2.66. The van der Waals surface area contributed by atoms with E-state index in [4.69, 9.17) is 9.72 Å². The van der Waals surface area contributed by atoms with Crippen LogP contribution in [0.3, 0.4) is 0 Å². The number of carbonyl (C=O) groups excluding carboxylic acids is 1. The summed E-state index contributed by atoms with van der Waals surface area (Å²) in [7, 11) is 0. The van der Waals surface area contributed by atoms with Gasteiger partial charge in [-0.25, -0.2) is 4.98 Å². The predicted molar refractivity (Wildman–Crippen MR) is 157 cm³/mol. The Balaban J connectivity index is 1.34. The van der Waals surface area contributed by atoms with Crippen LogP contribution in [-0.4, -0.2) is 41.6 Å². The molecule has 3 aromatic heterocycles. The van der Waals surface area contributed by atoms with Crippen molar-refractivity contribution in [1.82, 2.24) is 9.38 Å². The number of morpholine rings is 1. The molecule has 0 radical (unpaired) electrons. The maximum atomic E-state index is 13.1. The summed E-state index contributed by atoms with van der Waals surface area (Å²) in [4.78, 5) is 32.9. The molecular formula is C31H24N4O3S. The van der Waals surface area contributed by atoms with Gasteiger partial charge in [0.2, 0.25) is 0 Å². The second kappa shape index (κ2) is 9.65. The van der Waals surface area contributed by atoms with Crippen LogP contribution in [0.15, 0.2) is 95.9 Å². The molecule has 1 amide bonds. The highest BCUT2D eigenvalue weighted by Crippen LogP contribution is 2.41. The maximum absolute atomic E-state index is 13.1. The Bertz CT molecular complexity index is 1920. The van der Waals surface area contributed by atoms with E-state index >= 15 is 0 Å². The molecule has 0 atom stereocenters. The van der Waals surface area contributed by atoms with Crippen molar-refractivity contribution < 1.29 is 9.53 Å². The zero-order valence-corrected chi connectivity index (χ0v) is 21.8. The van der Waals surface area contributed by atoms with Crippen LogP contribution >= 0.6 is 11.3 Å². The highest BCUT2D eigenvalue weighted by Gasteiger charge is 2.18. The molecule has 4 heterocycles. The molecule has 0 saturated carbocycles. The van der Waals surface area contributed by atoms with Crippen LogP contribution < -0.4 is 15.8 Å². The van der Waals surface area contributed by atoms with Gasteiger partial charge in [0.1, 0.15) is 11.5 Å². The second-order valence-corrected chi connectivity index (χ2v) is 10.5. The van der Waals surface area contributed by atoms with E-state index in [0.717, 1.165) is 37.0 Å². The van der Waals surface area contributed by atoms with Crippen molar-refractivity contribution in [2.24, 2.45) is 0 Å². The molecule has 0 spiro atoms. The van der Waals surface area contributed by atoms with Crippen LogP contribution in [-0.2, 0) is 4.74 Å². The number of hydrogen-bond acceptors (Lipinski definition) is 6. The van der Waals surface area contributed by atoms with Crippen molar-refractivity contribution in [3.63, 3.8) is 0 Å². The van der Waals surface area contributed by atoms with E-state index in [0.29, 0.717) is 43.3 Å². The molecule has 7 nitrogen and oxygen atoms in total. The molecule has 7 rings (SSSR count). The molecule has 3 aromatic carbocycles. The quantitative estimate of drug-likeness (QED) is 0.310. The Kier molecular flexibility index (Phi) is 5.83. The number of nitrogens with zero attached hydrogens (tertiary/aromatic N) is 3. The fourth-order valence-electron chi connectivity index (χ4n) is 5.16. The number of aromatic nitrogens is 2. The van der Waals surface area contributed by atoms with Gasteiger partial charge in [0, 0.05) is 67.9 Å². The summed E-state index contributed by atoms with van der Waals surface area (Å²) < 4.78 is 9.33. The number of carbonyl (C=O) groups is 1. The van der Waals surface area contributed by atoms with Gasteiger partial charge in [-0.15, -0.1) is 11.3 Å². The molecule has 1 aliphatic heterocycles. The first-order valence-corrected chi connectivity index (χ1v) is 13.6. The number of fused-ring (bicyclic) bond motifs is 4. The Labute approximate surface area is 227 Å². The zero-order valence-electron chi connectivity index (χ0n) is 21.0. The van der Waals surface area contributed by atoms with Crippen LogP contribution in [0.2, 0.25) is 0 Å². The highest BCUT2D eigenvalue weighted by atomic mass is 32.1. The molecule has 0 bridgehead atoms. The molecule has 39 heavy (non-hydrogen) atoms. The normalized spacial score (nSPS) is 13.8. The third-order valence-electron chi connectivity index (χ3n) is 7.09. The second-order valence-electron chi connectivity index (χ2n) is 9.48. The minimum atomic E-state index is -0.140. The average molecular weight is 533 g/mol. The topological polar surface area (TPSA) is 75.9 Å². The van der Waals surface area contributed by atoms with Crippen molar-refractivity contribution in [2.45, 2.75) is 0 Å². The van der Waals surface area contributed by atoms with E-state index in [1.54, 1.807) is 40.1 Å². The summed E-state index contributed by atoms with van der Waals surface area (Å²) in [6, 6.07) is 26.9. The lowest BCUT2D eigenvalue weighted by molar-refractivity contribution is 0.102. The van der Waals surface area contributed by atoms with E-state index in [1.807, 2.05) is 54.6 Å². The summed E-state index contributed by atoms with van der Waals surface area (Å²) >= 11 is 1.70. The van der Waals surface area contributed by atoms with Gasteiger partial charge in [0.25, 0.3) is 11.5 Å². The molecule has 6 aromatic rings. The van der Waals surface area contributed by atoms with Crippen molar-refractivity contribution in [3.8, 4) is 11.1 Å². The summed E-state index contributed by atoms with van der Waals surface area (Å²) in [5.74, 6) is 0.539. The number of pyridine rings is 1. The van der Waals surface area contributed by atoms with Crippen molar-refractivity contribution >= 4 is 54.6 Å². The largest absolute Gasteiger partial charge is 0.378 e. The number of ether oxygens (including phenoxy) is 1. The van der Waals surface area contributed by atoms with E-state index in [2.05, 4.69) is 22.3 Å². The number of anilines is 2. The van der Waals surface area contributed by atoms with Gasteiger partial charge < -0.3 is 15.0 Å². The summed E-state index contributed by atoms with van der Waals surface area (Å²) in [5, 5.41) is 5.19. The van der Waals surface area contributed by atoms with E-state index in [-0.39, 0.29) is 11.5 Å². The number of amides is 1. The van der Waals surface area contributed by atoms with E-state index < -0.39 is 0 Å². The lowest BCUT2D eigenvalue weighted by Gasteiger charge is -2.27. The van der Waals surface area contributed by atoms with Crippen molar-refractivity contribution in [2.75, 3.05) is 36.5 Å². The number of thiophene rings is 1. The zero-order chi connectivity index (χ0) is 26.3. The van der Waals surface area contributed by atoms with Gasteiger partial charge in [0.15, 0.2) is 0 Å². The Morgan fingerprint density at radius 1 is 0.872 bits per heavy atom. The number of nitrogens with one attached hydrogen (secondary N) is 1. The highest BCUT2D eigenvalue weighted by molar-refractivity contribution is 7.26. The standard InChI is InChI=1S/C31H24N4O3S/c36-28-19-27(34-14-16-38-17-15-34)33-30-24(10-5-13-35(28)30)22-8-4-9-23-25-18-21(11-12-26(25)39-29(22)23)32-31(37)20-6-2-1-3-7-20/h1-13,18-19H,14-17H2,(H,32,37). The lowest BCUT2D eigenvalue weighted by atomic mass is 10.0. The molecule has 1 N–H and O–H groups in total. The monoisotopic (exact) mass is 532 g/mol. The minimum Gasteiger partial charge on any atom is -0.378 e. The Morgan fingerprint density at radius 2 is 1.69 bits per heavy atom. The van der Waals surface area contributed by atoms with Gasteiger partial charge >= 0.3 is 0 Å². The van der Waals surface area contributed by atoms with Crippen LogP contribution in [0.25, 0.3) is 36.9 Å². The van der Waals surface area contributed by atoms with Crippen LogP contribution in [0, 0.1) is 0 Å². The summed E-state index contributed by atoms with van der Waals surface area (Å²) in [6.07, 6.45) is 1.77. The van der Waals surface area contributed by atoms with Gasteiger partial charge in [-0.05, 0) is 42.5 Å². The molecule has 1 fully saturated rings. The van der Waals surface area contributed by atoms with E-state index in [1.165, 1.54) is 0 Å². The molecule has 0 unspecified atom stereocenters. The van der Waals surface area contributed by atoms with Crippen LogP contribution in [0.4, 0.5) is 11.5 Å². The maximum Gasteiger partial charge on any atom is 0.259 e. The van der Waals surface area contributed by atoms with Crippen molar-refractivity contribution in [1.29, 1.82) is 0 Å². The first-order chi connectivity index (χ1) is 19.2. The molecule has 192 valence electrons. The van der Waals surface area contributed by atoms with Gasteiger partial charge in [-0.1, -0.05) is 36.4 Å². The molecule has 1 aliphatic rings. The van der Waals surface area contributed by atoms with Crippen molar-refractivity contribution in [3.05, 3.63) is 107 Å². The van der Waals surface area contributed by atoms with E-state index in [9.17, 15) is 9.59 Å². The van der Waals surface area contributed by atoms with Gasteiger partial charge in [-0.2, -0.15) is 0 Å². The van der Waals surface area contributed by atoms with Gasteiger partial charge in [0.05, 0.1) is 13.2 Å². The number of rotatable bonds is 4. The number of benzene rings is 3. The van der Waals surface area contributed by atoms with Gasteiger partial charge in [-0.3, -0.25) is 14.0 Å². The molecule has 1 saturated heterocycles. The van der Waals surface area contributed by atoms with Crippen LogP contribution in [0.5, 0.6) is 0 Å².